The highest BCUT2D eigenvalue weighted by Gasteiger charge is 2.34. The number of amides is 1. The van der Waals surface area contributed by atoms with Gasteiger partial charge in [-0.2, -0.15) is 0 Å². The van der Waals surface area contributed by atoms with Crippen molar-refractivity contribution in [2.24, 2.45) is 5.92 Å². The second-order valence-electron chi connectivity index (χ2n) is 3.22. The third-order valence-electron chi connectivity index (χ3n) is 2.41. The Morgan fingerprint density at radius 1 is 1.62 bits per heavy atom. The number of hydrogen-bond acceptors (Lipinski definition) is 2. The first-order valence-electron chi connectivity index (χ1n) is 4.07. The van der Waals surface area contributed by atoms with Gasteiger partial charge in [-0.05, 0) is 11.6 Å². The smallest absolute Gasteiger partial charge is 0.407 e. The predicted molar refractivity (Wildman–Crippen MR) is 45.3 cm³/mol. The number of carbonyl (C=O) groups is 2. The Kier molecular flexibility index (Phi) is 1.69. The number of likely N-dealkylation sites (tertiary alicyclic amines) is 1. The summed E-state index contributed by atoms with van der Waals surface area (Å²) in [5.74, 6) is -0.206. The molecular formula is C9H9NO3. The lowest BCUT2D eigenvalue weighted by molar-refractivity contribution is -0.117. The maximum atomic E-state index is 11.3. The van der Waals surface area contributed by atoms with Crippen LogP contribution in [0.2, 0.25) is 0 Å². The molecule has 4 heteroatoms. The normalized spacial score (nSPS) is 25.8. The number of carboxylic acid groups (broad SMARTS) is 1. The van der Waals surface area contributed by atoms with Crippen molar-refractivity contribution >= 4 is 11.9 Å². The highest BCUT2D eigenvalue weighted by atomic mass is 16.4. The average Bonchev–Trinajstić information content (AvgIpc) is 2.49. The fourth-order valence-electron chi connectivity index (χ4n) is 1.70. The SMILES string of the molecule is O=C1C=CC=C2CN(C(=O)O)CC12. The van der Waals surface area contributed by atoms with Gasteiger partial charge in [-0.25, -0.2) is 4.79 Å². The van der Waals surface area contributed by atoms with E-state index in [2.05, 4.69) is 0 Å². The van der Waals surface area contributed by atoms with Crippen molar-refractivity contribution in [3.05, 3.63) is 23.8 Å². The zero-order valence-corrected chi connectivity index (χ0v) is 6.93. The highest BCUT2D eigenvalue weighted by molar-refractivity contribution is 5.96. The van der Waals surface area contributed by atoms with Crippen molar-refractivity contribution in [1.29, 1.82) is 0 Å². The number of hydrogen-bond donors (Lipinski definition) is 1. The highest BCUT2D eigenvalue weighted by Crippen LogP contribution is 2.26. The van der Waals surface area contributed by atoms with Crippen LogP contribution >= 0.6 is 0 Å². The molecule has 4 nitrogen and oxygen atoms in total. The molecule has 1 saturated heterocycles. The Bertz CT molecular complexity index is 330. The average molecular weight is 179 g/mol. The van der Waals surface area contributed by atoms with Crippen LogP contribution in [-0.4, -0.2) is 35.0 Å². The quantitative estimate of drug-likeness (QED) is 0.594. The summed E-state index contributed by atoms with van der Waals surface area (Å²) in [7, 11) is 0. The van der Waals surface area contributed by atoms with Gasteiger partial charge in [0.2, 0.25) is 0 Å². The second kappa shape index (κ2) is 2.73. The molecule has 0 spiro atoms. The van der Waals surface area contributed by atoms with Crippen LogP contribution in [0.5, 0.6) is 0 Å². The number of rotatable bonds is 0. The van der Waals surface area contributed by atoms with Gasteiger partial charge in [-0.3, -0.25) is 4.79 Å². The number of nitrogens with zero attached hydrogens (tertiary/aromatic N) is 1. The molecule has 0 saturated carbocycles. The number of allylic oxidation sites excluding steroid dienone is 3. The Morgan fingerprint density at radius 2 is 2.38 bits per heavy atom. The van der Waals surface area contributed by atoms with Crippen molar-refractivity contribution in [3.8, 4) is 0 Å². The number of ketones is 1. The number of carbonyl (C=O) groups excluding carboxylic acids is 1. The molecule has 0 aromatic heterocycles. The number of fused-ring (bicyclic) bond motifs is 1. The van der Waals surface area contributed by atoms with Crippen LogP contribution in [0.15, 0.2) is 23.8 Å². The molecule has 0 radical (unpaired) electrons. The van der Waals surface area contributed by atoms with Crippen molar-refractivity contribution in [2.45, 2.75) is 0 Å². The summed E-state index contributed by atoms with van der Waals surface area (Å²) in [6.07, 6.45) is 4.05. The van der Waals surface area contributed by atoms with Crippen molar-refractivity contribution < 1.29 is 14.7 Å². The molecule has 1 aliphatic heterocycles. The second-order valence-corrected chi connectivity index (χ2v) is 3.22. The first-order valence-corrected chi connectivity index (χ1v) is 4.07. The molecule has 1 unspecified atom stereocenters. The molecule has 1 heterocycles. The summed E-state index contributed by atoms with van der Waals surface area (Å²) >= 11 is 0. The van der Waals surface area contributed by atoms with Gasteiger partial charge in [0.15, 0.2) is 5.78 Å². The van der Waals surface area contributed by atoms with Crippen molar-refractivity contribution in [1.82, 2.24) is 4.90 Å². The predicted octanol–water partition coefficient (Wildman–Crippen LogP) is 0.661. The van der Waals surface area contributed by atoms with Gasteiger partial charge in [0.25, 0.3) is 0 Å². The van der Waals surface area contributed by atoms with E-state index >= 15 is 0 Å². The maximum absolute atomic E-state index is 11.3. The van der Waals surface area contributed by atoms with Crippen LogP contribution < -0.4 is 0 Å². The lowest BCUT2D eigenvalue weighted by Crippen LogP contribution is -2.27. The van der Waals surface area contributed by atoms with Gasteiger partial charge in [-0.1, -0.05) is 12.2 Å². The molecule has 0 bridgehead atoms. The molecular weight excluding hydrogens is 170 g/mol. The van der Waals surface area contributed by atoms with Crippen molar-refractivity contribution in [3.63, 3.8) is 0 Å². The molecule has 0 aromatic rings. The summed E-state index contributed by atoms with van der Waals surface area (Å²) in [6.45, 7) is 0.681. The summed E-state index contributed by atoms with van der Waals surface area (Å²) in [5, 5.41) is 8.71. The van der Waals surface area contributed by atoms with Gasteiger partial charge < -0.3 is 10.0 Å². The van der Waals surface area contributed by atoms with E-state index in [0.717, 1.165) is 5.57 Å². The van der Waals surface area contributed by atoms with Crippen LogP contribution in [0.25, 0.3) is 0 Å². The van der Waals surface area contributed by atoms with E-state index in [4.69, 9.17) is 5.11 Å². The monoisotopic (exact) mass is 179 g/mol. The Hall–Kier alpha value is -1.58. The Balaban J connectivity index is 2.21. The lowest BCUT2D eigenvalue weighted by Gasteiger charge is -2.09. The summed E-state index contributed by atoms with van der Waals surface area (Å²) in [6, 6.07) is 0. The largest absolute Gasteiger partial charge is 0.465 e. The molecule has 68 valence electrons. The Labute approximate surface area is 75.1 Å². The van der Waals surface area contributed by atoms with Crippen LogP contribution in [0.1, 0.15) is 0 Å². The lowest BCUT2D eigenvalue weighted by atomic mass is 9.94. The van der Waals surface area contributed by atoms with Gasteiger partial charge in [-0.15, -0.1) is 0 Å². The summed E-state index contributed by atoms with van der Waals surface area (Å²) in [5.41, 5.74) is 0.912. The standard InChI is InChI=1S/C9H9NO3/c11-8-3-1-2-6-4-10(9(12)13)5-7(6)8/h1-3,7H,4-5H2,(H,12,13). The third-order valence-corrected chi connectivity index (χ3v) is 2.41. The van der Waals surface area contributed by atoms with E-state index in [1.54, 1.807) is 6.08 Å². The third kappa shape index (κ3) is 1.24. The van der Waals surface area contributed by atoms with Crippen LogP contribution in [-0.2, 0) is 4.79 Å². The van der Waals surface area contributed by atoms with E-state index in [1.165, 1.54) is 11.0 Å². The van der Waals surface area contributed by atoms with Gasteiger partial charge in [0.1, 0.15) is 0 Å². The van der Waals surface area contributed by atoms with Gasteiger partial charge >= 0.3 is 6.09 Å². The van der Waals surface area contributed by atoms with E-state index in [-0.39, 0.29) is 11.7 Å². The molecule has 0 aromatic carbocycles. The van der Waals surface area contributed by atoms with E-state index in [1.807, 2.05) is 6.08 Å². The fraction of sp³-hybridized carbons (Fsp3) is 0.333. The first-order chi connectivity index (χ1) is 6.18. The molecule has 13 heavy (non-hydrogen) atoms. The van der Waals surface area contributed by atoms with Crippen LogP contribution in [0, 0.1) is 5.92 Å². The van der Waals surface area contributed by atoms with Crippen LogP contribution in [0.4, 0.5) is 4.79 Å². The molecule has 1 fully saturated rings. The van der Waals surface area contributed by atoms with Crippen molar-refractivity contribution in [2.75, 3.05) is 13.1 Å². The van der Waals surface area contributed by atoms with Crippen LogP contribution in [0.3, 0.4) is 0 Å². The molecule has 2 rings (SSSR count). The molecule has 2 aliphatic rings. The Morgan fingerprint density at radius 3 is 3.00 bits per heavy atom. The molecule has 1 N–H and O–H groups in total. The van der Waals surface area contributed by atoms with Gasteiger partial charge in [0, 0.05) is 13.1 Å². The van der Waals surface area contributed by atoms with E-state index in [0.29, 0.717) is 13.1 Å². The van der Waals surface area contributed by atoms with E-state index < -0.39 is 6.09 Å². The van der Waals surface area contributed by atoms with Gasteiger partial charge in [0.05, 0.1) is 5.92 Å². The summed E-state index contributed by atoms with van der Waals surface area (Å²) < 4.78 is 0. The molecule has 1 atom stereocenters. The minimum absolute atomic E-state index is 0.0150. The minimum atomic E-state index is -0.955. The topological polar surface area (TPSA) is 57.6 Å². The zero-order valence-electron chi connectivity index (χ0n) is 6.93. The molecule has 1 aliphatic carbocycles. The molecule has 1 amide bonds. The maximum Gasteiger partial charge on any atom is 0.407 e. The minimum Gasteiger partial charge on any atom is -0.465 e. The fourth-order valence-corrected chi connectivity index (χ4v) is 1.70. The summed E-state index contributed by atoms with van der Waals surface area (Å²) in [4.78, 5) is 23.2. The van der Waals surface area contributed by atoms with E-state index in [9.17, 15) is 9.59 Å². The zero-order chi connectivity index (χ0) is 9.42. The first kappa shape index (κ1) is 8.04.